The number of nitrogens with zero attached hydrogens (tertiary/aromatic N) is 1. The molecule has 0 bridgehead atoms. The van der Waals surface area contributed by atoms with Gasteiger partial charge in [-0.25, -0.2) is 0 Å². The number of nitrogens with one attached hydrogen (secondary N) is 1. The molecular weight excluding hydrogens is 280 g/mol. The number of carbonyl (C=O) groups is 1. The van der Waals surface area contributed by atoms with Crippen molar-refractivity contribution in [1.82, 2.24) is 9.03 Å². The molecule has 1 aromatic carbocycles. The topological polar surface area (TPSA) is 75.7 Å². The molecule has 6 nitrogen and oxygen atoms in total. The first-order valence-electron chi connectivity index (χ1n) is 6.18. The number of ether oxygens (including phenoxy) is 1. The van der Waals surface area contributed by atoms with Gasteiger partial charge in [-0.05, 0) is 12.5 Å². The van der Waals surface area contributed by atoms with Gasteiger partial charge >= 0.3 is 5.97 Å². The molecule has 0 fully saturated rings. The van der Waals surface area contributed by atoms with Gasteiger partial charge in [0.2, 0.25) is 0 Å². The van der Waals surface area contributed by atoms with Gasteiger partial charge in [-0.3, -0.25) is 4.79 Å². The van der Waals surface area contributed by atoms with Crippen molar-refractivity contribution in [3.05, 3.63) is 35.4 Å². The monoisotopic (exact) mass is 300 g/mol. The molecule has 1 N–H and O–H groups in total. The summed E-state index contributed by atoms with van der Waals surface area (Å²) in [6.07, 6.45) is 0.0261. The molecule has 1 aromatic rings. The molecule has 0 unspecified atom stereocenters. The van der Waals surface area contributed by atoms with Crippen LogP contribution in [0.25, 0.3) is 0 Å². The Morgan fingerprint density at radius 3 is 2.70 bits per heavy atom. The Morgan fingerprint density at radius 1 is 1.40 bits per heavy atom. The van der Waals surface area contributed by atoms with Crippen LogP contribution in [0, 0.1) is 6.92 Å². The Kier molecular flexibility index (Phi) is 6.12. The van der Waals surface area contributed by atoms with E-state index in [1.165, 1.54) is 14.2 Å². The van der Waals surface area contributed by atoms with Crippen molar-refractivity contribution in [3.8, 4) is 0 Å². The quantitative estimate of drug-likeness (QED) is 0.757. The van der Waals surface area contributed by atoms with Crippen molar-refractivity contribution in [2.24, 2.45) is 0 Å². The highest BCUT2D eigenvalue weighted by molar-refractivity contribution is 7.87. The minimum Gasteiger partial charge on any atom is -0.469 e. The molecule has 112 valence electrons. The number of carbonyl (C=O) groups excluding carboxylic acids is 1. The van der Waals surface area contributed by atoms with Crippen molar-refractivity contribution < 1.29 is 17.9 Å². The van der Waals surface area contributed by atoms with Crippen molar-refractivity contribution in [3.63, 3.8) is 0 Å². The number of hydrogen-bond acceptors (Lipinski definition) is 4. The normalized spacial score (nSPS) is 11.6. The minimum atomic E-state index is -3.60. The molecule has 7 heteroatoms. The molecule has 20 heavy (non-hydrogen) atoms. The maximum atomic E-state index is 12.0. The summed E-state index contributed by atoms with van der Waals surface area (Å²) < 4.78 is 32.0. The molecule has 1 rings (SSSR count). The molecule has 0 aliphatic rings. The molecule has 0 aliphatic heterocycles. The van der Waals surface area contributed by atoms with Crippen LogP contribution in [0.1, 0.15) is 17.5 Å². The van der Waals surface area contributed by atoms with Gasteiger partial charge in [-0.15, -0.1) is 0 Å². The van der Waals surface area contributed by atoms with E-state index in [-0.39, 0.29) is 19.5 Å². The predicted octanol–water partition coefficient (Wildman–Crippen LogP) is 0.824. The fourth-order valence-electron chi connectivity index (χ4n) is 1.58. The average Bonchev–Trinajstić information content (AvgIpc) is 2.42. The van der Waals surface area contributed by atoms with Crippen LogP contribution in [-0.4, -0.2) is 39.4 Å². The third-order valence-electron chi connectivity index (χ3n) is 2.81. The number of esters is 1. The molecule has 0 saturated heterocycles. The van der Waals surface area contributed by atoms with E-state index in [4.69, 9.17) is 0 Å². The first-order valence-corrected chi connectivity index (χ1v) is 7.62. The van der Waals surface area contributed by atoms with Gasteiger partial charge in [-0.2, -0.15) is 17.4 Å². The van der Waals surface area contributed by atoms with Crippen LogP contribution < -0.4 is 4.72 Å². The average molecular weight is 300 g/mol. The van der Waals surface area contributed by atoms with Crippen LogP contribution in [0.2, 0.25) is 0 Å². The summed E-state index contributed by atoms with van der Waals surface area (Å²) in [5.41, 5.74) is 1.95. The zero-order valence-corrected chi connectivity index (χ0v) is 12.7. The Morgan fingerprint density at radius 2 is 2.10 bits per heavy atom. The molecule has 0 spiro atoms. The van der Waals surface area contributed by atoms with E-state index in [2.05, 4.69) is 9.46 Å². The largest absolute Gasteiger partial charge is 0.469 e. The fourth-order valence-corrected chi connectivity index (χ4v) is 2.48. The highest BCUT2D eigenvalue weighted by Crippen LogP contribution is 2.05. The van der Waals surface area contributed by atoms with E-state index < -0.39 is 16.2 Å². The lowest BCUT2D eigenvalue weighted by atomic mass is 10.1. The summed E-state index contributed by atoms with van der Waals surface area (Å²) in [5, 5.41) is 0. The number of rotatable bonds is 7. The molecule has 0 aliphatic carbocycles. The molecule has 0 saturated carbocycles. The molecule has 0 amide bonds. The first kappa shape index (κ1) is 16.6. The second-order valence-corrected chi connectivity index (χ2v) is 6.33. The van der Waals surface area contributed by atoms with Crippen molar-refractivity contribution in [1.29, 1.82) is 0 Å². The van der Waals surface area contributed by atoms with Gasteiger partial charge < -0.3 is 4.74 Å². The lowest BCUT2D eigenvalue weighted by molar-refractivity contribution is -0.140. The van der Waals surface area contributed by atoms with Crippen LogP contribution in [0.4, 0.5) is 0 Å². The molecule has 0 heterocycles. The maximum absolute atomic E-state index is 12.0. The Hall–Kier alpha value is -1.44. The maximum Gasteiger partial charge on any atom is 0.306 e. The first-order chi connectivity index (χ1) is 9.35. The zero-order chi connectivity index (χ0) is 15.2. The fraction of sp³-hybridized carbons (Fsp3) is 0.462. The molecule has 0 atom stereocenters. The van der Waals surface area contributed by atoms with Gasteiger partial charge in [-0.1, -0.05) is 29.8 Å². The van der Waals surface area contributed by atoms with Crippen molar-refractivity contribution in [2.75, 3.05) is 20.7 Å². The van der Waals surface area contributed by atoms with Crippen LogP contribution >= 0.6 is 0 Å². The van der Waals surface area contributed by atoms with Gasteiger partial charge in [0.15, 0.2) is 0 Å². The lowest BCUT2D eigenvalue weighted by Gasteiger charge is -2.17. The summed E-state index contributed by atoms with van der Waals surface area (Å²) in [7, 11) is -0.911. The van der Waals surface area contributed by atoms with Gasteiger partial charge in [0.25, 0.3) is 10.2 Å². The zero-order valence-electron chi connectivity index (χ0n) is 11.9. The van der Waals surface area contributed by atoms with E-state index in [0.717, 1.165) is 15.4 Å². The van der Waals surface area contributed by atoms with Crippen LogP contribution in [0.3, 0.4) is 0 Å². The third kappa shape index (κ3) is 5.28. The Bertz CT molecular complexity index is 557. The van der Waals surface area contributed by atoms with Crippen LogP contribution in [0.15, 0.2) is 24.3 Å². The Balaban J connectivity index is 2.54. The molecular formula is C13H20N2O4S. The highest BCUT2D eigenvalue weighted by Gasteiger charge is 2.18. The van der Waals surface area contributed by atoms with E-state index in [9.17, 15) is 13.2 Å². The number of methoxy groups -OCH3 is 1. The predicted molar refractivity (Wildman–Crippen MR) is 76.2 cm³/mol. The number of aryl methyl sites for hydroxylation is 1. The van der Waals surface area contributed by atoms with Gasteiger partial charge in [0.1, 0.15) is 0 Å². The van der Waals surface area contributed by atoms with Crippen molar-refractivity contribution in [2.45, 2.75) is 19.9 Å². The summed E-state index contributed by atoms with van der Waals surface area (Å²) in [5.74, 6) is -0.439. The van der Waals surface area contributed by atoms with E-state index in [0.29, 0.717) is 0 Å². The van der Waals surface area contributed by atoms with E-state index >= 15 is 0 Å². The van der Waals surface area contributed by atoms with Crippen molar-refractivity contribution >= 4 is 16.2 Å². The summed E-state index contributed by atoms with van der Waals surface area (Å²) in [6, 6.07) is 7.58. The van der Waals surface area contributed by atoms with E-state index in [1.54, 1.807) is 0 Å². The second-order valence-electron chi connectivity index (χ2n) is 4.46. The van der Waals surface area contributed by atoms with Gasteiger partial charge in [0.05, 0.1) is 13.5 Å². The highest BCUT2D eigenvalue weighted by atomic mass is 32.2. The standard InChI is InChI=1S/C13H20N2O4S/c1-11-5-4-6-12(9-11)10-14-20(17,18)15(2)8-7-13(16)19-3/h4-6,9,14H,7-8,10H2,1-3H3. The molecule has 0 aromatic heterocycles. The minimum absolute atomic E-state index is 0.0261. The smallest absolute Gasteiger partial charge is 0.306 e. The van der Waals surface area contributed by atoms with E-state index in [1.807, 2.05) is 31.2 Å². The molecule has 0 radical (unpaired) electrons. The SMILES string of the molecule is COC(=O)CCN(C)S(=O)(=O)NCc1cccc(C)c1. The third-order valence-corrected chi connectivity index (χ3v) is 4.32. The van der Waals surface area contributed by atoms with Crippen LogP contribution in [0.5, 0.6) is 0 Å². The van der Waals surface area contributed by atoms with Crippen LogP contribution in [-0.2, 0) is 26.3 Å². The second kappa shape index (κ2) is 7.37. The lowest BCUT2D eigenvalue weighted by Crippen LogP contribution is -2.38. The number of hydrogen-bond donors (Lipinski definition) is 1. The summed E-state index contributed by atoms with van der Waals surface area (Å²) in [6.45, 7) is 2.24. The summed E-state index contributed by atoms with van der Waals surface area (Å²) >= 11 is 0. The Labute approximate surface area is 119 Å². The van der Waals surface area contributed by atoms with Gasteiger partial charge in [0, 0.05) is 20.1 Å². The number of benzene rings is 1. The summed E-state index contributed by atoms with van der Waals surface area (Å²) in [4.78, 5) is 11.0.